The van der Waals surface area contributed by atoms with Gasteiger partial charge in [-0.3, -0.25) is 0 Å². The number of nitrogens with two attached hydrogens (primary N) is 1. The van der Waals surface area contributed by atoms with Crippen LogP contribution in [0.15, 0.2) is 24.3 Å². The van der Waals surface area contributed by atoms with Gasteiger partial charge in [0.25, 0.3) is 0 Å². The molecule has 21 heavy (non-hydrogen) atoms. The maximum absolute atomic E-state index is 12.2. The van der Waals surface area contributed by atoms with E-state index in [1.807, 2.05) is 6.92 Å². The third-order valence-electron chi connectivity index (χ3n) is 3.48. The topological polar surface area (TPSA) is 81.4 Å². The van der Waals surface area contributed by atoms with Crippen LogP contribution in [-0.4, -0.2) is 32.2 Å². The quantitative estimate of drug-likeness (QED) is 0.770. The Balaban J connectivity index is 1.98. The smallest absolute Gasteiger partial charge is 0.216 e. The Bertz CT molecular complexity index is 593. The first-order chi connectivity index (χ1) is 9.87. The van der Waals surface area contributed by atoms with Crippen LogP contribution >= 0.6 is 12.2 Å². The first kappa shape index (κ1) is 16.4. The average Bonchev–Trinajstić information content (AvgIpc) is 2.92. The van der Waals surface area contributed by atoms with Crippen molar-refractivity contribution < 1.29 is 13.2 Å². The number of hydrogen-bond acceptors (Lipinski definition) is 4. The molecule has 2 unspecified atom stereocenters. The van der Waals surface area contributed by atoms with Crippen LogP contribution in [-0.2, 0) is 20.5 Å². The Morgan fingerprint density at radius 1 is 1.48 bits per heavy atom. The molecule has 3 N–H and O–H groups in total. The Morgan fingerprint density at radius 2 is 2.14 bits per heavy atom. The van der Waals surface area contributed by atoms with Gasteiger partial charge in [-0.05, 0) is 25.3 Å². The fourth-order valence-electron chi connectivity index (χ4n) is 2.38. The van der Waals surface area contributed by atoms with E-state index in [9.17, 15) is 8.42 Å². The Labute approximate surface area is 130 Å². The molecular formula is C14H20N2O3S2. The molecule has 1 saturated heterocycles. The van der Waals surface area contributed by atoms with Crippen LogP contribution in [0.1, 0.15) is 30.9 Å². The van der Waals surface area contributed by atoms with Gasteiger partial charge in [0.1, 0.15) is 4.99 Å². The van der Waals surface area contributed by atoms with Gasteiger partial charge in [0.05, 0.1) is 11.9 Å². The first-order valence-electron chi connectivity index (χ1n) is 6.88. The lowest BCUT2D eigenvalue weighted by Crippen LogP contribution is -2.41. The van der Waals surface area contributed by atoms with E-state index in [2.05, 4.69) is 4.72 Å². The van der Waals surface area contributed by atoms with Crippen molar-refractivity contribution in [2.45, 2.75) is 37.7 Å². The Kier molecular flexibility index (Phi) is 5.32. The Morgan fingerprint density at radius 3 is 2.67 bits per heavy atom. The van der Waals surface area contributed by atoms with E-state index in [1.54, 1.807) is 24.3 Å². The highest BCUT2D eigenvalue weighted by Gasteiger charge is 2.26. The van der Waals surface area contributed by atoms with Gasteiger partial charge in [0.15, 0.2) is 0 Å². The molecule has 0 aliphatic carbocycles. The standard InChI is InChI=1S/C14H20N2O3S2/c1-10(13-3-2-8-19-13)16-21(17,18)9-11-4-6-12(7-5-11)14(15)20/h4-7,10,13,16H,2-3,8-9H2,1H3,(H2,15,20). The molecule has 0 radical (unpaired) electrons. The molecule has 1 aliphatic heterocycles. The predicted molar refractivity (Wildman–Crippen MR) is 86.5 cm³/mol. The molecule has 2 rings (SSSR count). The molecule has 5 nitrogen and oxygen atoms in total. The molecule has 0 bridgehead atoms. The summed E-state index contributed by atoms with van der Waals surface area (Å²) in [5, 5.41) is 0. The van der Waals surface area contributed by atoms with Gasteiger partial charge in [-0.2, -0.15) is 0 Å². The molecule has 116 valence electrons. The van der Waals surface area contributed by atoms with Gasteiger partial charge in [0.2, 0.25) is 10.0 Å². The minimum atomic E-state index is -3.40. The fraction of sp³-hybridized carbons (Fsp3) is 0.500. The lowest BCUT2D eigenvalue weighted by Gasteiger charge is -2.20. The number of rotatable bonds is 6. The van der Waals surface area contributed by atoms with Crippen LogP contribution < -0.4 is 10.5 Å². The second-order valence-electron chi connectivity index (χ2n) is 5.28. The highest BCUT2D eigenvalue weighted by molar-refractivity contribution is 7.88. The summed E-state index contributed by atoms with van der Waals surface area (Å²) in [6.07, 6.45) is 1.85. The van der Waals surface area contributed by atoms with Crippen molar-refractivity contribution in [1.29, 1.82) is 0 Å². The summed E-state index contributed by atoms with van der Waals surface area (Å²) in [6.45, 7) is 2.54. The molecule has 1 heterocycles. The van der Waals surface area contributed by atoms with E-state index in [0.29, 0.717) is 17.2 Å². The van der Waals surface area contributed by atoms with Gasteiger partial charge in [0, 0.05) is 18.2 Å². The molecule has 0 aromatic heterocycles. The molecule has 0 spiro atoms. The molecule has 1 fully saturated rings. The second-order valence-corrected chi connectivity index (χ2v) is 7.47. The summed E-state index contributed by atoms with van der Waals surface area (Å²) in [6, 6.07) is 6.70. The molecule has 7 heteroatoms. The summed E-state index contributed by atoms with van der Waals surface area (Å²) in [4.78, 5) is 0.300. The third kappa shape index (κ3) is 4.74. The van der Waals surface area contributed by atoms with Crippen molar-refractivity contribution in [2.75, 3.05) is 6.61 Å². The van der Waals surface area contributed by atoms with Crippen LogP contribution in [0.5, 0.6) is 0 Å². The second kappa shape index (κ2) is 6.83. The molecular weight excluding hydrogens is 308 g/mol. The maximum atomic E-state index is 12.2. The first-order valence-corrected chi connectivity index (χ1v) is 8.94. The van der Waals surface area contributed by atoms with Crippen molar-refractivity contribution in [1.82, 2.24) is 4.72 Å². The van der Waals surface area contributed by atoms with Gasteiger partial charge in [-0.25, -0.2) is 13.1 Å². The summed E-state index contributed by atoms with van der Waals surface area (Å²) in [5.74, 6) is -0.0678. The highest BCUT2D eigenvalue weighted by Crippen LogP contribution is 2.16. The molecule has 1 aromatic carbocycles. The van der Waals surface area contributed by atoms with Crippen molar-refractivity contribution in [3.8, 4) is 0 Å². The van der Waals surface area contributed by atoms with E-state index in [-0.39, 0.29) is 17.9 Å². The number of hydrogen-bond donors (Lipinski definition) is 2. The summed E-state index contributed by atoms with van der Waals surface area (Å²) < 4.78 is 32.5. The number of benzene rings is 1. The van der Waals surface area contributed by atoms with Crippen LogP contribution in [0.3, 0.4) is 0 Å². The minimum absolute atomic E-state index is 0.0308. The normalized spacial score (nSPS) is 20.3. The average molecular weight is 328 g/mol. The zero-order valence-electron chi connectivity index (χ0n) is 11.9. The fourth-order valence-corrected chi connectivity index (χ4v) is 3.95. The van der Waals surface area contributed by atoms with Crippen LogP contribution in [0.25, 0.3) is 0 Å². The van der Waals surface area contributed by atoms with E-state index >= 15 is 0 Å². The molecule has 1 aliphatic rings. The summed E-state index contributed by atoms with van der Waals surface area (Å²) >= 11 is 4.87. The van der Waals surface area contributed by atoms with Crippen molar-refractivity contribution >= 4 is 27.2 Å². The van der Waals surface area contributed by atoms with E-state index in [0.717, 1.165) is 18.4 Å². The number of nitrogens with one attached hydrogen (secondary N) is 1. The largest absolute Gasteiger partial charge is 0.389 e. The summed E-state index contributed by atoms with van der Waals surface area (Å²) in [5.41, 5.74) is 6.94. The zero-order chi connectivity index (χ0) is 15.5. The predicted octanol–water partition coefficient (Wildman–Crippen LogP) is 1.31. The van der Waals surface area contributed by atoms with Gasteiger partial charge in [-0.1, -0.05) is 36.5 Å². The van der Waals surface area contributed by atoms with Gasteiger partial charge in [-0.15, -0.1) is 0 Å². The summed E-state index contributed by atoms with van der Waals surface area (Å²) in [7, 11) is -3.40. The molecule has 0 saturated carbocycles. The third-order valence-corrected chi connectivity index (χ3v) is 5.16. The highest BCUT2D eigenvalue weighted by atomic mass is 32.2. The van der Waals surface area contributed by atoms with Crippen molar-refractivity contribution in [2.24, 2.45) is 5.73 Å². The Hall–Kier alpha value is -1.02. The number of ether oxygens (including phenoxy) is 1. The van der Waals surface area contributed by atoms with E-state index < -0.39 is 10.0 Å². The van der Waals surface area contributed by atoms with Crippen LogP contribution in [0.4, 0.5) is 0 Å². The van der Waals surface area contributed by atoms with Crippen LogP contribution in [0.2, 0.25) is 0 Å². The van der Waals surface area contributed by atoms with Gasteiger partial charge >= 0.3 is 0 Å². The van der Waals surface area contributed by atoms with Crippen molar-refractivity contribution in [3.63, 3.8) is 0 Å². The van der Waals surface area contributed by atoms with Gasteiger partial charge < -0.3 is 10.5 Å². The van der Waals surface area contributed by atoms with E-state index in [1.165, 1.54) is 0 Å². The number of sulfonamides is 1. The lowest BCUT2D eigenvalue weighted by atomic mass is 10.1. The monoisotopic (exact) mass is 328 g/mol. The lowest BCUT2D eigenvalue weighted by molar-refractivity contribution is 0.0902. The zero-order valence-corrected chi connectivity index (χ0v) is 13.5. The van der Waals surface area contributed by atoms with Crippen LogP contribution in [0, 0.1) is 0 Å². The molecule has 1 aromatic rings. The van der Waals surface area contributed by atoms with Crippen molar-refractivity contribution in [3.05, 3.63) is 35.4 Å². The number of thiocarbonyl (C=S) groups is 1. The molecule has 0 amide bonds. The molecule has 2 atom stereocenters. The maximum Gasteiger partial charge on any atom is 0.216 e. The minimum Gasteiger partial charge on any atom is -0.389 e. The SMILES string of the molecule is CC(NS(=O)(=O)Cc1ccc(C(N)=S)cc1)C1CCCO1. The van der Waals surface area contributed by atoms with E-state index in [4.69, 9.17) is 22.7 Å².